The Bertz CT molecular complexity index is 286. The van der Waals surface area contributed by atoms with Gasteiger partial charge in [0, 0.05) is 12.0 Å². The summed E-state index contributed by atoms with van der Waals surface area (Å²) in [6.07, 6.45) is -1.83. The van der Waals surface area contributed by atoms with Gasteiger partial charge in [-0.3, -0.25) is 4.79 Å². The van der Waals surface area contributed by atoms with E-state index in [4.69, 9.17) is 5.73 Å². The van der Waals surface area contributed by atoms with Gasteiger partial charge in [-0.25, -0.2) is 0 Å². The topological polar surface area (TPSA) is 55.1 Å². The SMILES string of the molecule is CCC(CCN)NC(=O)C1CCC(C(F)(F)F)CC1. The van der Waals surface area contributed by atoms with Crippen LogP contribution in [0.4, 0.5) is 13.2 Å². The highest BCUT2D eigenvalue weighted by Gasteiger charge is 2.42. The molecule has 6 heteroatoms. The number of carbonyl (C=O) groups excluding carboxylic acids is 1. The maximum Gasteiger partial charge on any atom is 0.391 e. The minimum Gasteiger partial charge on any atom is -0.353 e. The average Bonchev–Trinajstić information content (AvgIpc) is 2.37. The summed E-state index contributed by atoms with van der Waals surface area (Å²) in [7, 11) is 0. The molecule has 1 unspecified atom stereocenters. The zero-order chi connectivity index (χ0) is 14.5. The molecule has 1 rings (SSSR count). The van der Waals surface area contributed by atoms with Crippen LogP contribution in [0.25, 0.3) is 0 Å². The molecule has 0 heterocycles. The van der Waals surface area contributed by atoms with Crippen molar-refractivity contribution in [1.29, 1.82) is 0 Å². The number of amides is 1. The van der Waals surface area contributed by atoms with E-state index in [0.29, 0.717) is 25.8 Å². The largest absolute Gasteiger partial charge is 0.391 e. The fourth-order valence-corrected chi connectivity index (χ4v) is 2.58. The van der Waals surface area contributed by atoms with Crippen LogP contribution in [0.2, 0.25) is 0 Å². The van der Waals surface area contributed by atoms with E-state index in [1.54, 1.807) is 0 Å². The predicted octanol–water partition coefficient (Wildman–Crippen LogP) is 2.60. The molecule has 19 heavy (non-hydrogen) atoms. The lowest BCUT2D eigenvalue weighted by Gasteiger charge is -2.30. The molecule has 1 aliphatic carbocycles. The van der Waals surface area contributed by atoms with Crippen LogP contribution < -0.4 is 11.1 Å². The van der Waals surface area contributed by atoms with Crippen LogP contribution in [0.1, 0.15) is 45.4 Å². The second-order valence-electron chi connectivity index (χ2n) is 5.28. The number of nitrogens with two attached hydrogens (primary N) is 1. The Labute approximate surface area is 112 Å². The number of halogens is 3. The third-order valence-corrected chi connectivity index (χ3v) is 3.92. The Balaban J connectivity index is 2.40. The van der Waals surface area contributed by atoms with Crippen LogP contribution in [-0.2, 0) is 4.79 Å². The number of hydrogen-bond acceptors (Lipinski definition) is 2. The summed E-state index contributed by atoms with van der Waals surface area (Å²) in [6.45, 7) is 2.46. The zero-order valence-electron chi connectivity index (χ0n) is 11.3. The van der Waals surface area contributed by atoms with Gasteiger partial charge < -0.3 is 11.1 Å². The molecular formula is C13H23F3N2O. The maximum absolute atomic E-state index is 12.5. The summed E-state index contributed by atoms with van der Waals surface area (Å²) in [4.78, 5) is 12.0. The summed E-state index contributed by atoms with van der Waals surface area (Å²) in [5, 5.41) is 2.89. The summed E-state index contributed by atoms with van der Waals surface area (Å²) in [6, 6.07) is 0.0397. The lowest BCUT2D eigenvalue weighted by molar-refractivity contribution is -0.184. The first-order valence-corrected chi connectivity index (χ1v) is 6.95. The molecule has 0 aromatic rings. The van der Waals surface area contributed by atoms with Gasteiger partial charge in [0.2, 0.25) is 5.91 Å². The van der Waals surface area contributed by atoms with E-state index in [1.165, 1.54) is 0 Å². The molecule has 0 aromatic heterocycles. The number of nitrogens with one attached hydrogen (secondary N) is 1. The minimum atomic E-state index is -4.12. The standard InChI is InChI=1S/C13H23F3N2O/c1-2-11(7-8-17)18-12(19)9-3-5-10(6-4-9)13(14,15)16/h9-11H,2-8,17H2,1H3,(H,18,19). The number of hydrogen-bond donors (Lipinski definition) is 2. The van der Waals surface area contributed by atoms with Gasteiger partial charge in [0.1, 0.15) is 0 Å². The second kappa shape index (κ2) is 7.12. The molecule has 3 N–H and O–H groups in total. The fraction of sp³-hybridized carbons (Fsp3) is 0.923. The van der Waals surface area contributed by atoms with E-state index < -0.39 is 12.1 Å². The van der Waals surface area contributed by atoms with Gasteiger partial charge in [0.15, 0.2) is 0 Å². The molecule has 3 nitrogen and oxygen atoms in total. The second-order valence-corrected chi connectivity index (χ2v) is 5.28. The first-order valence-electron chi connectivity index (χ1n) is 6.95. The van der Waals surface area contributed by atoms with Crippen LogP contribution in [0.3, 0.4) is 0 Å². The quantitative estimate of drug-likeness (QED) is 0.813. The van der Waals surface area contributed by atoms with Crippen LogP contribution in [0.15, 0.2) is 0 Å². The molecule has 1 saturated carbocycles. The van der Waals surface area contributed by atoms with Gasteiger partial charge in [-0.15, -0.1) is 0 Å². The Kier molecular flexibility index (Phi) is 6.10. The van der Waals surface area contributed by atoms with Crippen molar-refractivity contribution in [3.8, 4) is 0 Å². The molecule has 0 radical (unpaired) electrons. The van der Waals surface area contributed by atoms with Gasteiger partial charge in [0.05, 0.1) is 5.92 Å². The molecule has 1 aliphatic rings. The molecule has 0 aromatic carbocycles. The number of carbonyl (C=O) groups is 1. The Hall–Kier alpha value is -0.780. The van der Waals surface area contributed by atoms with Crippen molar-refractivity contribution in [3.05, 3.63) is 0 Å². The monoisotopic (exact) mass is 280 g/mol. The van der Waals surface area contributed by atoms with E-state index in [2.05, 4.69) is 5.32 Å². The van der Waals surface area contributed by atoms with Crippen molar-refractivity contribution in [1.82, 2.24) is 5.32 Å². The van der Waals surface area contributed by atoms with E-state index in [1.807, 2.05) is 6.92 Å². The van der Waals surface area contributed by atoms with Crippen molar-refractivity contribution in [3.63, 3.8) is 0 Å². The Morgan fingerprint density at radius 2 is 1.89 bits per heavy atom. The normalized spacial score (nSPS) is 25.9. The van der Waals surface area contributed by atoms with Crippen molar-refractivity contribution >= 4 is 5.91 Å². The third kappa shape index (κ3) is 5.01. The smallest absolute Gasteiger partial charge is 0.353 e. The van der Waals surface area contributed by atoms with Gasteiger partial charge in [-0.05, 0) is 45.1 Å². The molecule has 1 atom stereocenters. The maximum atomic E-state index is 12.5. The van der Waals surface area contributed by atoms with Crippen molar-refractivity contribution in [2.75, 3.05) is 6.54 Å². The van der Waals surface area contributed by atoms with E-state index in [9.17, 15) is 18.0 Å². The van der Waals surface area contributed by atoms with Crippen molar-refractivity contribution in [2.24, 2.45) is 17.6 Å². The van der Waals surface area contributed by atoms with Crippen LogP contribution in [0, 0.1) is 11.8 Å². The predicted molar refractivity (Wildman–Crippen MR) is 67.4 cm³/mol. The highest BCUT2D eigenvalue weighted by molar-refractivity contribution is 5.79. The van der Waals surface area contributed by atoms with E-state index >= 15 is 0 Å². The molecule has 0 spiro atoms. The fourth-order valence-electron chi connectivity index (χ4n) is 2.58. The zero-order valence-corrected chi connectivity index (χ0v) is 11.3. The van der Waals surface area contributed by atoms with E-state index in [0.717, 1.165) is 6.42 Å². The highest BCUT2D eigenvalue weighted by atomic mass is 19.4. The summed E-state index contributed by atoms with van der Waals surface area (Å²) < 4.78 is 37.6. The van der Waals surface area contributed by atoms with Crippen LogP contribution >= 0.6 is 0 Å². The van der Waals surface area contributed by atoms with Crippen LogP contribution in [-0.4, -0.2) is 24.7 Å². The molecule has 112 valence electrons. The van der Waals surface area contributed by atoms with Gasteiger partial charge in [-0.2, -0.15) is 13.2 Å². The van der Waals surface area contributed by atoms with Gasteiger partial charge in [-0.1, -0.05) is 6.92 Å². The molecule has 1 amide bonds. The molecule has 1 fully saturated rings. The van der Waals surface area contributed by atoms with Crippen LogP contribution in [0.5, 0.6) is 0 Å². The molecule has 0 saturated heterocycles. The lowest BCUT2D eigenvalue weighted by atomic mass is 9.81. The molecular weight excluding hydrogens is 257 g/mol. The Morgan fingerprint density at radius 3 is 2.32 bits per heavy atom. The van der Waals surface area contributed by atoms with Crippen molar-refractivity contribution < 1.29 is 18.0 Å². The highest BCUT2D eigenvalue weighted by Crippen LogP contribution is 2.39. The average molecular weight is 280 g/mol. The Morgan fingerprint density at radius 1 is 1.32 bits per heavy atom. The van der Waals surface area contributed by atoms with Gasteiger partial charge in [0.25, 0.3) is 0 Å². The van der Waals surface area contributed by atoms with Crippen molar-refractivity contribution in [2.45, 2.75) is 57.7 Å². The minimum absolute atomic E-state index is 0.0397. The first kappa shape index (κ1) is 16.3. The number of rotatable bonds is 5. The van der Waals surface area contributed by atoms with Gasteiger partial charge >= 0.3 is 6.18 Å². The summed E-state index contributed by atoms with van der Waals surface area (Å²) in [5.74, 6) is -1.62. The third-order valence-electron chi connectivity index (χ3n) is 3.92. The first-order chi connectivity index (χ1) is 8.88. The molecule has 0 bridgehead atoms. The van der Waals surface area contributed by atoms with E-state index in [-0.39, 0.29) is 30.7 Å². The number of alkyl halides is 3. The summed E-state index contributed by atoms with van der Waals surface area (Å²) >= 11 is 0. The molecule has 0 aliphatic heterocycles. The summed E-state index contributed by atoms with van der Waals surface area (Å²) in [5.41, 5.74) is 5.45. The lowest BCUT2D eigenvalue weighted by Crippen LogP contribution is -2.41.